The molecule has 5 nitrogen and oxygen atoms in total. The van der Waals surface area contributed by atoms with Gasteiger partial charge in [0.1, 0.15) is 6.33 Å². The van der Waals surface area contributed by atoms with Gasteiger partial charge in [0.05, 0.1) is 5.69 Å². The van der Waals surface area contributed by atoms with Crippen molar-refractivity contribution < 1.29 is 0 Å². The van der Waals surface area contributed by atoms with Crippen LogP contribution in [0.4, 0.5) is 0 Å². The molecule has 2 heterocycles. The zero-order chi connectivity index (χ0) is 9.80. The molecule has 0 bridgehead atoms. The molecule has 5 heteroatoms. The van der Waals surface area contributed by atoms with Crippen molar-refractivity contribution in [1.82, 2.24) is 25.1 Å². The minimum Gasteiger partial charge on any atom is -0.314 e. The lowest BCUT2D eigenvalue weighted by atomic mass is 10.5. The highest BCUT2D eigenvalue weighted by molar-refractivity contribution is 5.20. The van der Waals surface area contributed by atoms with Crippen LogP contribution in [0.25, 0.3) is 5.82 Å². The van der Waals surface area contributed by atoms with Crippen LogP contribution in [0.3, 0.4) is 0 Å². The van der Waals surface area contributed by atoms with Crippen molar-refractivity contribution in [2.24, 2.45) is 0 Å². The van der Waals surface area contributed by atoms with Crippen LogP contribution in [0, 0.1) is 0 Å². The summed E-state index contributed by atoms with van der Waals surface area (Å²) >= 11 is 0. The first-order valence-corrected chi connectivity index (χ1v) is 4.35. The highest BCUT2D eigenvalue weighted by atomic mass is 15.2. The van der Waals surface area contributed by atoms with E-state index in [0.717, 1.165) is 18.1 Å². The summed E-state index contributed by atoms with van der Waals surface area (Å²) in [6, 6.07) is 3.73. The van der Waals surface area contributed by atoms with Gasteiger partial charge < -0.3 is 5.32 Å². The lowest BCUT2D eigenvalue weighted by molar-refractivity contribution is 0.796. The minimum atomic E-state index is 0.757. The molecule has 14 heavy (non-hydrogen) atoms. The summed E-state index contributed by atoms with van der Waals surface area (Å²) in [5.41, 5.74) is 0.984. The van der Waals surface area contributed by atoms with Crippen molar-refractivity contribution in [2.45, 2.75) is 6.54 Å². The van der Waals surface area contributed by atoms with Crippen LogP contribution in [-0.4, -0.2) is 26.8 Å². The fourth-order valence-corrected chi connectivity index (χ4v) is 1.19. The van der Waals surface area contributed by atoms with E-state index < -0.39 is 0 Å². The Bertz CT molecular complexity index is 395. The third-order valence-electron chi connectivity index (χ3n) is 1.82. The Hall–Kier alpha value is -1.75. The highest BCUT2D eigenvalue weighted by Crippen LogP contribution is 2.03. The molecule has 0 spiro atoms. The summed E-state index contributed by atoms with van der Waals surface area (Å²) < 4.78 is 1.85. The molecule has 0 saturated carbocycles. The van der Waals surface area contributed by atoms with Crippen molar-refractivity contribution in [3.63, 3.8) is 0 Å². The average molecular weight is 189 g/mol. The van der Waals surface area contributed by atoms with Crippen molar-refractivity contribution in [3.05, 3.63) is 36.5 Å². The molecular weight excluding hydrogens is 178 g/mol. The van der Waals surface area contributed by atoms with Gasteiger partial charge in [0.25, 0.3) is 0 Å². The third-order valence-corrected chi connectivity index (χ3v) is 1.82. The number of rotatable bonds is 3. The summed E-state index contributed by atoms with van der Waals surface area (Å²) in [4.78, 5) is 4.21. The number of hydrogen-bond donors (Lipinski definition) is 1. The van der Waals surface area contributed by atoms with Crippen LogP contribution in [0.2, 0.25) is 0 Å². The van der Waals surface area contributed by atoms with Gasteiger partial charge in [0, 0.05) is 18.9 Å². The molecule has 2 aromatic rings. The Balaban J connectivity index is 2.25. The van der Waals surface area contributed by atoms with Gasteiger partial charge in [-0.05, 0) is 19.2 Å². The number of nitrogens with one attached hydrogen (secondary N) is 1. The van der Waals surface area contributed by atoms with Gasteiger partial charge in [-0.25, -0.2) is 4.98 Å². The van der Waals surface area contributed by atoms with Gasteiger partial charge >= 0.3 is 0 Å². The summed E-state index contributed by atoms with van der Waals surface area (Å²) in [5, 5.41) is 10.8. The van der Waals surface area contributed by atoms with Crippen LogP contribution in [-0.2, 0) is 6.54 Å². The Morgan fingerprint density at radius 3 is 3.14 bits per heavy atom. The van der Waals surface area contributed by atoms with Crippen molar-refractivity contribution in [1.29, 1.82) is 0 Å². The predicted molar refractivity (Wildman–Crippen MR) is 51.9 cm³/mol. The minimum absolute atomic E-state index is 0.757. The van der Waals surface area contributed by atoms with E-state index in [1.165, 1.54) is 0 Å². The quantitative estimate of drug-likeness (QED) is 0.758. The van der Waals surface area contributed by atoms with Crippen LogP contribution < -0.4 is 5.32 Å². The van der Waals surface area contributed by atoms with Crippen LogP contribution in [0.1, 0.15) is 5.69 Å². The second-order valence-corrected chi connectivity index (χ2v) is 2.88. The number of imidazole rings is 1. The predicted octanol–water partition coefficient (Wildman–Crippen LogP) is 0.382. The smallest absolute Gasteiger partial charge is 0.160 e. The molecule has 0 aromatic carbocycles. The van der Waals surface area contributed by atoms with E-state index in [0.29, 0.717) is 0 Å². The Morgan fingerprint density at radius 2 is 2.43 bits per heavy atom. The Kier molecular flexibility index (Phi) is 2.51. The summed E-state index contributed by atoms with van der Waals surface area (Å²) in [5.74, 6) is 0.780. The summed E-state index contributed by atoms with van der Waals surface area (Å²) in [7, 11) is 1.89. The fourth-order valence-electron chi connectivity index (χ4n) is 1.19. The average Bonchev–Trinajstić information content (AvgIpc) is 2.68. The molecule has 1 N–H and O–H groups in total. The Morgan fingerprint density at radius 1 is 1.50 bits per heavy atom. The molecule has 0 aliphatic carbocycles. The number of aromatic nitrogens is 4. The SMILES string of the molecule is CNCc1cn(-c2cccnn2)cn1. The van der Waals surface area contributed by atoms with Gasteiger partial charge in [-0.2, -0.15) is 5.10 Å². The monoisotopic (exact) mass is 189 g/mol. The molecule has 0 aliphatic heterocycles. The van der Waals surface area contributed by atoms with E-state index in [-0.39, 0.29) is 0 Å². The number of hydrogen-bond acceptors (Lipinski definition) is 4. The molecule has 0 radical (unpaired) electrons. The molecule has 0 amide bonds. The zero-order valence-electron chi connectivity index (χ0n) is 7.88. The maximum atomic E-state index is 4.21. The van der Waals surface area contributed by atoms with Crippen LogP contribution in [0.5, 0.6) is 0 Å². The van der Waals surface area contributed by atoms with E-state index >= 15 is 0 Å². The first kappa shape index (κ1) is 8.83. The van der Waals surface area contributed by atoms with E-state index in [1.807, 2.05) is 29.9 Å². The first-order chi connectivity index (χ1) is 6.90. The van der Waals surface area contributed by atoms with Gasteiger partial charge in [-0.3, -0.25) is 4.57 Å². The standard InChI is InChI=1S/C9H11N5/c1-10-5-8-6-14(7-11-8)9-3-2-4-12-13-9/h2-4,6-7,10H,5H2,1H3. The van der Waals surface area contributed by atoms with E-state index in [2.05, 4.69) is 20.5 Å². The van der Waals surface area contributed by atoms with E-state index in [9.17, 15) is 0 Å². The zero-order valence-corrected chi connectivity index (χ0v) is 7.88. The van der Waals surface area contributed by atoms with Gasteiger partial charge in [-0.15, -0.1) is 5.10 Å². The molecule has 0 atom stereocenters. The first-order valence-electron chi connectivity index (χ1n) is 4.35. The topological polar surface area (TPSA) is 55.6 Å². The lowest BCUT2D eigenvalue weighted by Gasteiger charge is -1.97. The molecule has 2 aromatic heterocycles. The van der Waals surface area contributed by atoms with Crippen molar-refractivity contribution in [2.75, 3.05) is 7.05 Å². The van der Waals surface area contributed by atoms with Crippen molar-refractivity contribution in [3.8, 4) is 5.82 Å². The van der Waals surface area contributed by atoms with Gasteiger partial charge in [0.2, 0.25) is 0 Å². The second kappa shape index (κ2) is 3.97. The largest absolute Gasteiger partial charge is 0.314 e. The lowest BCUT2D eigenvalue weighted by Crippen LogP contribution is -2.05. The van der Waals surface area contributed by atoms with Crippen molar-refractivity contribution >= 4 is 0 Å². The molecule has 0 unspecified atom stereocenters. The van der Waals surface area contributed by atoms with Gasteiger partial charge in [-0.1, -0.05) is 0 Å². The van der Waals surface area contributed by atoms with E-state index in [1.54, 1.807) is 12.5 Å². The third kappa shape index (κ3) is 1.77. The second-order valence-electron chi connectivity index (χ2n) is 2.88. The molecule has 72 valence electrons. The fraction of sp³-hybridized carbons (Fsp3) is 0.222. The van der Waals surface area contributed by atoms with Crippen LogP contribution in [0.15, 0.2) is 30.9 Å². The normalized spacial score (nSPS) is 10.4. The molecule has 0 fully saturated rings. The summed E-state index contributed by atoms with van der Waals surface area (Å²) in [6.45, 7) is 0.757. The van der Waals surface area contributed by atoms with Crippen LogP contribution >= 0.6 is 0 Å². The van der Waals surface area contributed by atoms with E-state index in [4.69, 9.17) is 0 Å². The maximum absolute atomic E-state index is 4.21. The van der Waals surface area contributed by atoms with Gasteiger partial charge in [0.15, 0.2) is 5.82 Å². The molecule has 0 aliphatic rings. The molecule has 2 rings (SSSR count). The number of nitrogens with zero attached hydrogens (tertiary/aromatic N) is 4. The maximum Gasteiger partial charge on any atom is 0.160 e. The highest BCUT2D eigenvalue weighted by Gasteiger charge is 1.99. The summed E-state index contributed by atoms with van der Waals surface area (Å²) in [6.07, 6.45) is 5.31. The molecule has 0 saturated heterocycles. The Labute approximate surface area is 81.8 Å². The molecular formula is C9H11N5.